The Morgan fingerprint density at radius 3 is 2.64 bits per heavy atom. The first-order valence-electron chi connectivity index (χ1n) is 7.52. The maximum atomic E-state index is 12.1. The van der Waals surface area contributed by atoms with Crippen LogP contribution in [-0.4, -0.2) is 36.5 Å². The van der Waals surface area contributed by atoms with E-state index in [4.69, 9.17) is 10.5 Å². The van der Waals surface area contributed by atoms with E-state index in [0.29, 0.717) is 12.5 Å². The topological polar surface area (TPSA) is 55.6 Å². The highest BCUT2D eigenvalue weighted by Gasteiger charge is 2.23. The minimum atomic E-state index is 0. The number of halogens is 1. The van der Waals surface area contributed by atoms with Gasteiger partial charge in [-0.05, 0) is 56.5 Å². The largest absolute Gasteiger partial charge is 0.491 e. The molecule has 122 valence electrons. The Balaban J connectivity index is 0.00000242. The lowest BCUT2D eigenvalue weighted by molar-refractivity contribution is -0.125. The number of benzene rings is 1. The Morgan fingerprint density at radius 2 is 2.09 bits per heavy atom. The predicted molar refractivity (Wildman–Crippen MR) is 92.2 cm³/mol. The molecule has 1 aromatic rings. The Labute approximate surface area is 138 Å². The second-order valence-electron chi connectivity index (χ2n) is 5.74. The van der Waals surface area contributed by atoms with Crippen LogP contribution in [0.25, 0.3) is 6.08 Å². The maximum Gasteiger partial charge on any atom is 0.246 e. The molecule has 1 amide bonds. The zero-order valence-electron chi connectivity index (χ0n) is 13.2. The van der Waals surface area contributed by atoms with Crippen molar-refractivity contribution >= 4 is 24.4 Å². The zero-order valence-corrected chi connectivity index (χ0v) is 14.0. The van der Waals surface area contributed by atoms with E-state index in [9.17, 15) is 4.79 Å². The van der Waals surface area contributed by atoms with Gasteiger partial charge in [-0.2, -0.15) is 0 Å². The molecule has 0 aliphatic carbocycles. The number of nitrogens with two attached hydrogens (primary N) is 1. The van der Waals surface area contributed by atoms with Crippen LogP contribution in [0.1, 0.15) is 25.8 Å². The van der Waals surface area contributed by atoms with Crippen LogP contribution >= 0.6 is 12.4 Å². The average Bonchev–Trinajstić information content (AvgIpc) is 2.94. The average molecular weight is 325 g/mol. The molecule has 2 N–H and O–H groups in total. The fourth-order valence-corrected chi connectivity index (χ4v) is 2.43. The van der Waals surface area contributed by atoms with E-state index in [0.717, 1.165) is 30.8 Å². The monoisotopic (exact) mass is 324 g/mol. The van der Waals surface area contributed by atoms with Crippen LogP contribution in [-0.2, 0) is 4.79 Å². The van der Waals surface area contributed by atoms with Crippen LogP contribution in [0, 0.1) is 5.92 Å². The number of hydrogen-bond donors (Lipinski definition) is 1. The third-order valence-electron chi connectivity index (χ3n) is 3.60. The molecule has 1 heterocycles. The maximum absolute atomic E-state index is 12.1. The van der Waals surface area contributed by atoms with Gasteiger partial charge in [0, 0.05) is 19.2 Å². The quantitative estimate of drug-likeness (QED) is 0.847. The van der Waals surface area contributed by atoms with Gasteiger partial charge < -0.3 is 15.4 Å². The molecule has 1 saturated heterocycles. The summed E-state index contributed by atoms with van der Waals surface area (Å²) in [6.45, 7) is 6.24. The van der Waals surface area contributed by atoms with Gasteiger partial charge in [0.25, 0.3) is 0 Å². The van der Waals surface area contributed by atoms with Crippen LogP contribution in [0.5, 0.6) is 5.75 Å². The van der Waals surface area contributed by atoms with Crippen LogP contribution < -0.4 is 10.5 Å². The molecule has 0 bridgehead atoms. The molecular weight excluding hydrogens is 300 g/mol. The molecule has 1 aromatic carbocycles. The smallest absolute Gasteiger partial charge is 0.246 e. The molecule has 1 unspecified atom stereocenters. The third-order valence-corrected chi connectivity index (χ3v) is 3.60. The van der Waals surface area contributed by atoms with Gasteiger partial charge >= 0.3 is 0 Å². The van der Waals surface area contributed by atoms with Crippen molar-refractivity contribution in [2.24, 2.45) is 11.7 Å². The van der Waals surface area contributed by atoms with E-state index in [1.54, 1.807) is 6.08 Å². The molecule has 4 nitrogen and oxygen atoms in total. The van der Waals surface area contributed by atoms with Gasteiger partial charge in [0.15, 0.2) is 0 Å². The van der Waals surface area contributed by atoms with Crippen molar-refractivity contribution in [1.29, 1.82) is 0 Å². The standard InChI is InChI=1S/C17H24N2O2.ClH/c1-13(2)21-16-6-3-14(4-7-16)5-8-17(20)19-10-9-15(11-18)12-19;/h3-8,13,15H,9-12,18H2,1-2H3;1H. The van der Waals surface area contributed by atoms with Gasteiger partial charge in [0.2, 0.25) is 5.91 Å². The number of hydrogen-bond acceptors (Lipinski definition) is 3. The second kappa shape index (κ2) is 8.81. The number of carbonyl (C=O) groups is 1. The summed E-state index contributed by atoms with van der Waals surface area (Å²) >= 11 is 0. The van der Waals surface area contributed by atoms with Crippen LogP contribution in [0.15, 0.2) is 30.3 Å². The molecule has 22 heavy (non-hydrogen) atoms. The van der Waals surface area contributed by atoms with Crippen LogP contribution in [0.3, 0.4) is 0 Å². The molecule has 1 fully saturated rings. The molecule has 2 rings (SSSR count). The number of carbonyl (C=O) groups excluding carboxylic acids is 1. The first-order valence-corrected chi connectivity index (χ1v) is 7.52. The van der Waals surface area contributed by atoms with Gasteiger partial charge in [-0.3, -0.25) is 4.79 Å². The number of rotatable bonds is 5. The van der Waals surface area contributed by atoms with Gasteiger partial charge in [-0.1, -0.05) is 12.1 Å². The molecule has 0 saturated carbocycles. The molecule has 1 atom stereocenters. The summed E-state index contributed by atoms with van der Waals surface area (Å²) in [6, 6.07) is 7.75. The van der Waals surface area contributed by atoms with Gasteiger partial charge in [0.05, 0.1) is 6.10 Å². The van der Waals surface area contributed by atoms with Gasteiger partial charge in [-0.25, -0.2) is 0 Å². The van der Waals surface area contributed by atoms with E-state index in [1.165, 1.54) is 0 Å². The second-order valence-corrected chi connectivity index (χ2v) is 5.74. The summed E-state index contributed by atoms with van der Waals surface area (Å²) < 4.78 is 5.59. The highest BCUT2D eigenvalue weighted by molar-refractivity contribution is 5.92. The molecule has 1 aliphatic heterocycles. The Kier molecular flexibility index (Phi) is 7.42. The summed E-state index contributed by atoms with van der Waals surface area (Å²) in [7, 11) is 0. The molecule has 0 spiro atoms. The van der Waals surface area contributed by atoms with Gasteiger partial charge in [-0.15, -0.1) is 12.4 Å². The summed E-state index contributed by atoms with van der Waals surface area (Å²) in [5.41, 5.74) is 6.64. The number of likely N-dealkylation sites (tertiary alicyclic amines) is 1. The molecular formula is C17H25ClN2O2. The summed E-state index contributed by atoms with van der Waals surface area (Å²) in [4.78, 5) is 13.9. The first-order chi connectivity index (χ1) is 10.1. The van der Waals surface area contributed by atoms with Crippen molar-refractivity contribution in [2.75, 3.05) is 19.6 Å². The fourth-order valence-electron chi connectivity index (χ4n) is 2.43. The third kappa shape index (κ3) is 5.35. The highest BCUT2D eigenvalue weighted by atomic mass is 35.5. The minimum Gasteiger partial charge on any atom is -0.491 e. The Hall–Kier alpha value is -1.52. The van der Waals surface area contributed by atoms with Crippen molar-refractivity contribution < 1.29 is 9.53 Å². The lowest BCUT2D eigenvalue weighted by Crippen LogP contribution is -2.28. The molecule has 0 radical (unpaired) electrons. The number of amides is 1. The van der Waals surface area contributed by atoms with E-state index >= 15 is 0 Å². The van der Waals surface area contributed by atoms with E-state index in [2.05, 4.69) is 0 Å². The van der Waals surface area contributed by atoms with Crippen molar-refractivity contribution in [3.63, 3.8) is 0 Å². The number of ether oxygens (including phenoxy) is 1. The molecule has 5 heteroatoms. The lowest BCUT2D eigenvalue weighted by Gasteiger charge is -2.13. The predicted octanol–water partition coefficient (Wildman–Crippen LogP) is 2.72. The van der Waals surface area contributed by atoms with Crippen LogP contribution in [0.2, 0.25) is 0 Å². The summed E-state index contributed by atoms with van der Waals surface area (Å²) in [6.07, 6.45) is 4.66. The van der Waals surface area contributed by atoms with Crippen molar-refractivity contribution in [1.82, 2.24) is 4.90 Å². The SMILES string of the molecule is CC(C)Oc1ccc(C=CC(=O)N2CCC(CN)C2)cc1.Cl. The number of nitrogens with zero attached hydrogens (tertiary/aromatic N) is 1. The van der Waals surface area contributed by atoms with Crippen molar-refractivity contribution in [2.45, 2.75) is 26.4 Å². The lowest BCUT2D eigenvalue weighted by atomic mass is 10.1. The first kappa shape index (κ1) is 18.5. The van der Waals surface area contributed by atoms with E-state index in [1.807, 2.05) is 49.1 Å². The minimum absolute atomic E-state index is 0. The molecule has 1 aliphatic rings. The Morgan fingerprint density at radius 1 is 1.41 bits per heavy atom. The zero-order chi connectivity index (χ0) is 15.2. The fraction of sp³-hybridized carbons (Fsp3) is 0.471. The normalized spacial score (nSPS) is 17.8. The molecule has 0 aromatic heterocycles. The Bertz CT molecular complexity index is 500. The summed E-state index contributed by atoms with van der Waals surface area (Å²) in [5.74, 6) is 1.36. The van der Waals surface area contributed by atoms with E-state index in [-0.39, 0.29) is 24.4 Å². The van der Waals surface area contributed by atoms with Crippen LogP contribution in [0.4, 0.5) is 0 Å². The van der Waals surface area contributed by atoms with Gasteiger partial charge in [0.1, 0.15) is 5.75 Å². The van der Waals surface area contributed by atoms with E-state index < -0.39 is 0 Å². The summed E-state index contributed by atoms with van der Waals surface area (Å²) in [5, 5.41) is 0. The van der Waals surface area contributed by atoms with Crippen molar-refractivity contribution in [3.8, 4) is 5.75 Å². The highest BCUT2D eigenvalue weighted by Crippen LogP contribution is 2.17. The van der Waals surface area contributed by atoms with Crippen molar-refractivity contribution in [3.05, 3.63) is 35.9 Å².